The van der Waals surface area contributed by atoms with Crippen molar-refractivity contribution >= 4 is 17.8 Å². The van der Waals surface area contributed by atoms with E-state index in [1.807, 2.05) is 6.92 Å². The normalized spacial score (nSPS) is 11.9. The van der Waals surface area contributed by atoms with E-state index in [2.05, 4.69) is 14.9 Å². The van der Waals surface area contributed by atoms with Gasteiger partial charge in [0, 0.05) is 0 Å². The number of ether oxygens (including phenoxy) is 2. The summed E-state index contributed by atoms with van der Waals surface area (Å²) in [5.41, 5.74) is 0.650. The largest absolute Gasteiger partial charge is 0.510 e. The number of halogens is 1. The van der Waals surface area contributed by atoms with Crippen molar-refractivity contribution in [2.45, 2.75) is 26.0 Å². The van der Waals surface area contributed by atoms with Crippen molar-refractivity contribution in [2.75, 3.05) is 0 Å². The Balaban J connectivity index is 2.37. The topological polar surface area (TPSA) is 61.3 Å². The Morgan fingerprint density at radius 2 is 2.27 bits per heavy atom. The van der Waals surface area contributed by atoms with Gasteiger partial charge < -0.3 is 9.47 Å². The Bertz CT molecular complexity index is 327. The molecular formula is C9H11ClN2O3. The number of hydrogen-bond donors (Lipinski definition) is 0. The molecule has 1 aromatic rings. The molecule has 15 heavy (non-hydrogen) atoms. The summed E-state index contributed by atoms with van der Waals surface area (Å²) >= 11 is 5.42. The molecule has 0 aromatic carbocycles. The molecule has 0 fully saturated rings. The molecule has 0 radical (unpaired) electrons. The van der Waals surface area contributed by atoms with E-state index in [1.54, 1.807) is 12.1 Å². The fourth-order valence-electron chi connectivity index (χ4n) is 0.803. The summed E-state index contributed by atoms with van der Waals surface area (Å²) in [6.07, 6.45) is -0.820. The van der Waals surface area contributed by atoms with E-state index >= 15 is 0 Å². The minimum atomic E-state index is -0.820. The summed E-state index contributed by atoms with van der Waals surface area (Å²) in [5.74, 6) is 0. The van der Waals surface area contributed by atoms with Gasteiger partial charge in [0.15, 0.2) is 5.56 Å². The van der Waals surface area contributed by atoms with Crippen LogP contribution in [0.5, 0.6) is 0 Å². The quantitative estimate of drug-likeness (QED) is 0.587. The number of carbonyl (C=O) groups excluding carboxylic acids is 1. The smallest absolute Gasteiger partial charge is 0.428 e. The molecule has 0 spiro atoms. The second-order valence-electron chi connectivity index (χ2n) is 2.87. The molecule has 0 N–H and O–H groups in total. The van der Waals surface area contributed by atoms with E-state index in [0.29, 0.717) is 5.69 Å². The fourth-order valence-corrected chi connectivity index (χ4v) is 0.876. The molecule has 0 aliphatic rings. The first-order chi connectivity index (χ1) is 7.08. The first-order valence-corrected chi connectivity index (χ1v) is 4.78. The maximum Gasteiger partial charge on any atom is 0.510 e. The van der Waals surface area contributed by atoms with Crippen LogP contribution in [-0.4, -0.2) is 21.9 Å². The van der Waals surface area contributed by atoms with Crippen LogP contribution < -0.4 is 0 Å². The number of nitrogens with zero attached hydrogens (tertiary/aromatic N) is 2. The molecule has 1 aromatic heterocycles. The van der Waals surface area contributed by atoms with Gasteiger partial charge in [-0.05, 0) is 26.0 Å². The maximum atomic E-state index is 10.9. The van der Waals surface area contributed by atoms with Crippen LogP contribution in [0.3, 0.4) is 0 Å². The maximum absolute atomic E-state index is 10.9. The van der Waals surface area contributed by atoms with Crippen molar-refractivity contribution in [3.63, 3.8) is 0 Å². The predicted octanol–water partition coefficient (Wildman–Crippen LogP) is 2.02. The average molecular weight is 231 g/mol. The first kappa shape index (κ1) is 11.7. The summed E-state index contributed by atoms with van der Waals surface area (Å²) in [5, 5.41) is 7.62. The second-order valence-corrected chi connectivity index (χ2v) is 3.48. The highest BCUT2D eigenvalue weighted by molar-refractivity contribution is 6.19. The average Bonchev–Trinajstić information content (AvgIpc) is 2.16. The van der Waals surface area contributed by atoms with Crippen LogP contribution in [-0.2, 0) is 16.1 Å². The zero-order valence-electron chi connectivity index (χ0n) is 8.44. The Kier molecular flexibility index (Phi) is 4.30. The Labute approximate surface area is 92.4 Å². The minimum absolute atomic E-state index is 0.0235. The van der Waals surface area contributed by atoms with Gasteiger partial charge in [-0.3, -0.25) is 0 Å². The van der Waals surface area contributed by atoms with Crippen molar-refractivity contribution in [3.05, 3.63) is 23.5 Å². The van der Waals surface area contributed by atoms with Crippen molar-refractivity contribution in [1.29, 1.82) is 0 Å². The van der Waals surface area contributed by atoms with Crippen molar-refractivity contribution in [2.24, 2.45) is 0 Å². The zero-order valence-corrected chi connectivity index (χ0v) is 9.19. The van der Waals surface area contributed by atoms with Crippen LogP contribution in [0.4, 0.5) is 4.79 Å². The van der Waals surface area contributed by atoms with Crippen LogP contribution in [0, 0.1) is 6.92 Å². The number of carbonyl (C=O) groups is 1. The molecule has 5 nitrogen and oxygen atoms in total. The van der Waals surface area contributed by atoms with Crippen LogP contribution in [0.2, 0.25) is 0 Å². The number of aryl methyl sites for hydroxylation is 1. The lowest BCUT2D eigenvalue weighted by Crippen LogP contribution is -2.12. The van der Waals surface area contributed by atoms with Crippen molar-refractivity contribution in [3.8, 4) is 0 Å². The standard InChI is InChI=1S/C9H11ClN2O3/c1-6-3-4-8(12-11-6)5-14-9(13)15-7(2)10/h3-4,7H,5H2,1-2H3. The van der Waals surface area contributed by atoms with E-state index in [-0.39, 0.29) is 6.61 Å². The molecule has 1 atom stereocenters. The molecule has 1 heterocycles. The molecule has 0 amide bonds. The summed E-state index contributed by atoms with van der Waals surface area (Å²) in [7, 11) is 0. The van der Waals surface area contributed by atoms with E-state index in [4.69, 9.17) is 16.3 Å². The van der Waals surface area contributed by atoms with Crippen molar-refractivity contribution in [1.82, 2.24) is 10.2 Å². The molecule has 82 valence electrons. The lowest BCUT2D eigenvalue weighted by Gasteiger charge is -2.06. The van der Waals surface area contributed by atoms with E-state index in [1.165, 1.54) is 6.92 Å². The van der Waals surface area contributed by atoms with E-state index < -0.39 is 11.7 Å². The lowest BCUT2D eigenvalue weighted by molar-refractivity contribution is 0.0435. The Morgan fingerprint density at radius 3 is 2.80 bits per heavy atom. The summed E-state index contributed by atoms with van der Waals surface area (Å²) < 4.78 is 9.28. The van der Waals surface area contributed by atoms with Crippen molar-refractivity contribution < 1.29 is 14.3 Å². The highest BCUT2D eigenvalue weighted by Crippen LogP contribution is 2.02. The molecule has 0 bridgehead atoms. The van der Waals surface area contributed by atoms with E-state index in [0.717, 1.165) is 5.69 Å². The molecule has 6 heteroatoms. The molecule has 0 aliphatic heterocycles. The summed E-state index contributed by atoms with van der Waals surface area (Å²) in [6.45, 7) is 3.37. The lowest BCUT2D eigenvalue weighted by atomic mass is 10.3. The monoisotopic (exact) mass is 230 g/mol. The van der Waals surface area contributed by atoms with Gasteiger partial charge in [-0.2, -0.15) is 10.2 Å². The molecule has 0 aliphatic carbocycles. The third-order valence-electron chi connectivity index (χ3n) is 1.45. The van der Waals surface area contributed by atoms with Crippen LogP contribution >= 0.6 is 11.6 Å². The first-order valence-electron chi connectivity index (χ1n) is 4.34. The van der Waals surface area contributed by atoms with Gasteiger partial charge in [-0.25, -0.2) is 4.79 Å². The fraction of sp³-hybridized carbons (Fsp3) is 0.444. The highest BCUT2D eigenvalue weighted by atomic mass is 35.5. The summed E-state index contributed by atoms with van der Waals surface area (Å²) in [4.78, 5) is 10.9. The minimum Gasteiger partial charge on any atom is -0.428 e. The highest BCUT2D eigenvalue weighted by Gasteiger charge is 2.08. The number of aromatic nitrogens is 2. The SMILES string of the molecule is Cc1ccc(COC(=O)OC(C)Cl)nn1. The van der Waals surface area contributed by atoms with Gasteiger partial charge in [0.1, 0.15) is 12.3 Å². The van der Waals surface area contributed by atoms with E-state index in [9.17, 15) is 4.79 Å². The summed E-state index contributed by atoms with van der Waals surface area (Å²) in [6, 6.07) is 3.50. The van der Waals surface area contributed by atoms with Gasteiger partial charge in [0.05, 0.1) is 5.69 Å². The molecular weight excluding hydrogens is 220 g/mol. The third kappa shape index (κ3) is 4.60. The Morgan fingerprint density at radius 1 is 1.53 bits per heavy atom. The number of alkyl halides is 1. The van der Waals surface area contributed by atoms with Gasteiger partial charge in [0.2, 0.25) is 0 Å². The van der Waals surface area contributed by atoms with Gasteiger partial charge >= 0.3 is 6.16 Å². The predicted molar refractivity (Wildman–Crippen MR) is 53.4 cm³/mol. The van der Waals surface area contributed by atoms with Crippen LogP contribution in [0.1, 0.15) is 18.3 Å². The van der Waals surface area contributed by atoms with Gasteiger partial charge in [0.25, 0.3) is 0 Å². The van der Waals surface area contributed by atoms with Gasteiger partial charge in [-0.1, -0.05) is 11.6 Å². The Hall–Kier alpha value is -1.36. The van der Waals surface area contributed by atoms with Crippen LogP contribution in [0.25, 0.3) is 0 Å². The molecule has 1 rings (SSSR count). The molecule has 0 saturated heterocycles. The number of hydrogen-bond acceptors (Lipinski definition) is 5. The third-order valence-corrected chi connectivity index (χ3v) is 1.54. The molecule has 1 unspecified atom stereocenters. The molecule has 0 saturated carbocycles. The zero-order chi connectivity index (χ0) is 11.3. The second kappa shape index (κ2) is 5.50. The van der Waals surface area contributed by atoms with Crippen LogP contribution in [0.15, 0.2) is 12.1 Å². The van der Waals surface area contributed by atoms with Gasteiger partial charge in [-0.15, -0.1) is 0 Å². The number of rotatable bonds is 3.